The van der Waals surface area contributed by atoms with Crippen LogP contribution in [0.25, 0.3) is 0 Å². The Hall–Kier alpha value is -0.770. The second-order valence-electron chi connectivity index (χ2n) is 3.81. The number of aliphatic hydroxyl groups excluding tert-OH is 4. The average Bonchev–Trinajstić information content (AvgIpc) is 2.29. The van der Waals surface area contributed by atoms with Crippen molar-refractivity contribution in [2.45, 2.75) is 43.7 Å². The van der Waals surface area contributed by atoms with Gasteiger partial charge in [-0.15, -0.1) is 0 Å². The third-order valence-electron chi connectivity index (χ3n) is 2.53. The van der Waals surface area contributed by atoms with Crippen LogP contribution in [0, 0.1) is 0 Å². The molecule has 0 amide bonds. The van der Waals surface area contributed by atoms with Gasteiger partial charge in [0.15, 0.2) is 12.4 Å². The zero-order chi connectivity index (χ0) is 13.2. The van der Waals surface area contributed by atoms with Crippen molar-refractivity contribution in [3.63, 3.8) is 0 Å². The molecule has 1 heterocycles. The number of rotatable bonds is 4. The lowest BCUT2D eigenvalue weighted by Crippen LogP contribution is -2.59. The van der Waals surface area contributed by atoms with E-state index in [9.17, 15) is 20.1 Å². The molecule has 0 aromatic rings. The molecule has 2 unspecified atom stereocenters. The van der Waals surface area contributed by atoms with Crippen molar-refractivity contribution in [3.05, 3.63) is 0 Å². The maximum atomic E-state index is 10.6. The van der Waals surface area contributed by atoms with Crippen LogP contribution >= 0.6 is 0 Å². The molecule has 0 bridgehead atoms. The number of ether oxygens (including phenoxy) is 2. The standard InChI is InChI=1S/C9H16O8/c1-3(8(14)15)16-9-7(13)6(12)5(11)4(2-10)17-9/h3-7,9-13H,2H2,1H3,(H,14,15)/t3-,4?,5+,6-,7?,9-/m0/s1. The lowest BCUT2D eigenvalue weighted by atomic mass is 9.99. The topological polar surface area (TPSA) is 137 Å². The summed E-state index contributed by atoms with van der Waals surface area (Å²) in [5, 5.41) is 45.9. The SMILES string of the molecule is C[C@H](O[C@H]1OC(CO)[C@@H](O)[C@H](O)C1O)C(=O)O. The molecule has 1 rings (SSSR count). The van der Waals surface area contributed by atoms with Crippen LogP contribution in [0.2, 0.25) is 0 Å². The van der Waals surface area contributed by atoms with Gasteiger partial charge in [-0.05, 0) is 6.92 Å². The zero-order valence-electron chi connectivity index (χ0n) is 9.13. The molecule has 8 nitrogen and oxygen atoms in total. The van der Waals surface area contributed by atoms with Crippen molar-refractivity contribution >= 4 is 5.97 Å². The molecule has 1 aliphatic heterocycles. The molecule has 1 saturated heterocycles. The molecular formula is C9H16O8. The van der Waals surface area contributed by atoms with Gasteiger partial charge in [0.05, 0.1) is 6.61 Å². The van der Waals surface area contributed by atoms with Crippen molar-refractivity contribution in [2.24, 2.45) is 0 Å². The van der Waals surface area contributed by atoms with Gasteiger partial charge in [0.25, 0.3) is 0 Å². The monoisotopic (exact) mass is 252 g/mol. The number of carboxylic acid groups (broad SMARTS) is 1. The van der Waals surface area contributed by atoms with E-state index in [1.54, 1.807) is 0 Å². The molecule has 0 saturated carbocycles. The summed E-state index contributed by atoms with van der Waals surface area (Å²) in [6.45, 7) is 0.635. The Kier molecular flexibility index (Phi) is 4.80. The largest absolute Gasteiger partial charge is 0.479 e. The molecule has 0 aromatic carbocycles. The Morgan fingerprint density at radius 2 is 1.88 bits per heavy atom. The molecule has 0 radical (unpaired) electrons. The first-order chi connectivity index (χ1) is 7.88. The first-order valence-electron chi connectivity index (χ1n) is 5.07. The molecule has 1 aliphatic rings. The van der Waals surface area contributed by atoms with E-state index in [4.69, 9.17) is 19.7 Å². The van der Waals surface area contributed by atoms with E-state index in [2.05, 4.69) is 0 Å². The fourth-order valence-electron chi connectivity index (χ4n) is 1.44. The van der Waals surface area contributed by atoms with Gasteiger partial charge in [0, 0.05) is 0 Å². The van der Waals surface area contributed by atoms with Gasteiger partial charge in [-0.25, -0.2) is 4.79 Å². The van der Waals surface area contributed by atoms with Crippen molar-refractivity contribution in [3.8, 4) is 0 Å². The molecule has 100 valence electrons. The van der Waals surface area contributed by atoms with Gasteiger partial charge >= 0.3 is 5.97 Å². The van der Waals surface area contributed by atoms with E-state index >= 15 is 0 Å². The highest BCUT2D eigenvalue weighted by molar-refractivity contribution is 5.71. The highest BCUT2D eigenvalue weighted by atomic mass is 16.7. The normalized spacial score (nSPS) is 39.9. The second kappa shape index (κ2) is 5.71. The summed E-state index contributed by atoms with van der Waals surface area (Å²) < 4.78 is 9.82. The quantitative estimate of drug-likeness (QED) is 0.364. The van der Waals surface area contributed by atoms with Gasteiger partial charge < -0.3 is 35.0 Å². The summed E-state index contributed by atoms with van der Waals surface area (Å²) in [6, 6.07) is 0. The highest BCUT2D eigenvalue weighted by Crippen LogP contribution is 2.22. The lowest BCUT2D eigenvalue weighted by Gasteiger charge is -2.40. The van der Waals surface area contributed by atoms with E-state index in [0.717, 1.165) is 0 Å². The number of aliphatic carboxylic acids is 1. The number of hydrogen-bond acceptors (Lipinski definition) is 7. The summed E-state index contributed by atoms with van der Waals surface area (Å²) in [6.07, 6.45) is -8.44. The molecule has 8 heteroatoms. The first-order valence-corrected chi connectivity index (χ1v) is 5.07. The maximum absolute atomic E-state index is 10.6. The zero-order valence-corrected chi connectivity index (χ0v) is 9.13. The van der Waals surface area contributed by atoms with Crippen LogP contribution in [-0.4, -0.2) is 74.9 Å². The minimum absolute atomic E-state index is 0.591. The predicted molar refractivity (Wildman–Crippen MR) is 52.0 cm³/mol. The second-order valence-corrected chi connectivity index (χ2v) is 3.81. The summed E-state index contributed by atoms with van der Waals surface area (Å²) in [7, 11) is 0. The molecule has 17 heavy (non-hydrogen) atoms. The number of carbonyl (C=O) groups is 1. The minimum atomic E-state index is -1.59. The minimum Gasteiger partial charge on any atom is -0.479 e. The predicted octanol–water partition coefficient (Wildman–Crippen LogP) is -2.72. The Morgan fingerprint density at radius 3 is 2.35 bits per heavy atom. The van der Waals surface area contributed by atoms with Crippen LogP contribution in [0.5, 0.6) is 0 Å². The van der Waals surface area contributed by atoms with Crippen LogP contribution in [0.4, 0.5) is 0 Å². The van der Waals surface area contributed by atoms with Crippen LogP contribution in [0.1, 0.15) is 6.92 Å². The summed E-state index contributed by atoms with van der Waals surface area (Å²) in [4.78, 5) is 10.6. The Labute approximate surface area is 97.0 Å². The van der Waals surface area contributed by atoms with E-state index in [0.29, 0.717) is 0 Å². The highest BCUT2D eigenvalue weighted by Gasteiger charge is 2.44. The number of aliphatic hydroxyl groups is 4. The number of hydrogen-bond donors (Lipinski definition) is 5. The van der Waals surface area contributed by atoms with E-state index in [1.165, 1.54) is 6.92 Å². The van der Waals surface area contributed by atoms with Crippen LogP contribution in [-0.2, 0) is 14.3 Å². The molecule has 0 aromatic heterocycles. The summed E-state index contributed by atoms with van der Waals surface area (Å²) >= 11 is 0. The van der Waals surface area contributed by atoms with E-state index < -0.39 is 49.4 Å². The van der Waals surface area contributed by atoms with Crippen LogP contribution < -0.4 is 0 Å². The average molecular weight is 252 g/mol. The smallest absolute Gasteiger partial charge is 0.332 e. The van der Waals surface area contributed by atoms with Gasteiger partial charge in [-0.2, -0.15) is 0 Å². The van der Waals surface area contributed by atoms with Crippen LogP contribution in [0.15, 0.2) is 0 Å². The molecule has 0 aliphatic carbocycles. The third-order valence-corrected chi connectivity index (χ3v) is 2.53. The maximum Gasteiger partial charge on any atom is 0.332 e. The van der Waals surface area contributed by atoms with E-state index in [-0.39, 0.29) is 0 Å². The van der Waals surface area contributed by atoms with Gasteiger partial charge in [0.1, 0.15) is 24.4 Å². The van der Waals surface area contributed by atoms with Crippen molar-refractivity contribution in [2.75, 3.05) is 6.61 Å². The fraction of sp³-hybridized carbons (Fsp3) is 0.889. The Morgan fingerprint density at radius 1 is 1.29 bits per heavy atom. The molecule has 6 atom stereocenters. The lowest BCUT2D eigenvalue weighted by molar-refractivity contribution is -0.308. The molecule has 0 spiro atoms. The van der Waals surface area contributed by atoms with Crippen molar-refractivity contribution in [1.82, 2.24) is 0 Å². The summed E-state index contributed by atoms with van der Waals surface area (Å²) in [5.41, 5.74) is 0. The first kappa shape index (κ1) is 14.3. The fourth-order valence-corrected chi connectivity index (χ4v) is 1.44. The summed E-state index contributed by atoms with van der Waals surface area (Å²) in [5.74, 6) is -1.26. The van der Waals surface area contributed by atoms with Gasteiger partial charge in [-0.1, -0.05) is 0 Å². The number of carboxylic acids is 1. The molecule has 1 fully saturated rings. The van der Waals surface area contributed by atoms with Crippen LogP contribution in [0.3, 0.4) is 0 Å². The Balaban J connectivity index is 2.68. The van der Waals surface area contributed by atoms with Gasteiger partial charge in [-0.3, -0.25) is 0 Å². The molecule has 5 N–H and O–H groups in total. The Bertz CT molecular complexity index is 268. The molecular weight excluding hydrogens is 236 g/mol. The van der Waals surface area contributed by atoms with Crippen molar-refractivity contribution in [1.29, 1.82) is 0 Å². The van der Waals surface area contributed by atoms with E-state index in [1.807, 2.05) is 0 Å². The third kappa shape index (κ3) is 3.12. The van der Waals surface area contributed by atoms with Gasteiger partial charge in [0.2, 0.25) is 0 Å². The van der Waals surface area contributed by atoms with Crippen molar-refractivity contribution < 1.29 is 39.8 Å².